The van der Waals surface area contributed by atoms with Gasteiger partial charge in [-0.25, -0.2) is 0 Å². The molecular formula is C16H23N3O. The number of hydrogen-bond donors (Lipinski definition) is 1. The zero-order chi connectivity index (χ0) is 14.2. The summed E-state index contributed by atoms with van der Waals surface area (Å²) in [5.41, 5.74) is 2.35. The molecule has 0 atom stereocenters. The summed E-state index contributed by atoms with van der Waals surface area (Å²) in [5, 5.41) is 7.92. The van der Waals surface area contributed by atoms with E-state index >= 15 is 0 Å². The predicted molar refractivity (Wildman–Crippen MR) is 80.9 cm³/mol. The first-order valence-corrected chi connectivity index (χ1v) is 7.21. The first-order chi connectivity index (χ1) is 9.79. The largest absolute Gasteiger partial charge is 0.492 e. The molecule has 1 aromatic carbocycles. The van der Waals surface area contributed by atoms with Gasteiger partial charge in [-0.2, -0.15) is 5.10 Å². The Bertz CT molecular complexity index is 508. The molecule has 0 unspecified atom stereocenters. The highest BCUT2D eigenvalue weighted by atomic mass is 16.5. The zero-order valence-corrected chi connectivity index (χ0v) is 12.3. The van der Waals surface area contributed by atoms with Crippen molar-refractivity contribution in [2.45, 2.75) is 33.4 Å². The highest BCUT2D eigenvalue weighted by Gasteiger charge is 2.04. The van der Waals surface area contributed by atoms with Crippen molar-refractivity contribution < 1.29 is 4.74 Å². The van der Waals surface area contributed by atoms with E-state index in [1.54, 1.807) is 0 Å². The molecule has 0 spiro atoms. The van der Waals surface area contributed by atoms with Crippen molar-refractivity contribution in [3.05, 3.63) is 47.8 Å². The second-order valence-corrected chi connectivity index (χ2v) is 4.84. The van der Waals surface area contributed by atoms with Gasteiger partial charge in [0, 0.05) is 18.3 Å². The predicted octanol–water partition coefficient (Wildman–Crippen LogP) is 2.77. The molecule has 0 radical (unpaired) electrons. The quantitative estimate of drug-likeness (QED) is 0.752. The lowest BCUT2D eigenvalue weighted by atomic mass is 10.2. The van der Waals surface area contributed by atoms with Crippen LogP contribution in [0.2, 0.25) is 0 Å². The maximum Gasteiger partial charge on any atom is 0.119 e. The van der Waals surface area contributed by atoms with E-state index in [0.29, 0.717) is 6.61 Å². The monoisotopic (exact) mass is 273 g/mol. The molecule has 0 bridgehead atoms. The second-order valence-electron chi connectivity index (χ2n) is 4.84. The molecule has 1 heterocycles. The molecule has 0 aliphatic heterocycles. The fourth-order valence-corrected chi connectivity index (χ4v) is 2.02. The highest BCUT2D eigenvalue weighted by Crippen LogP contribution is 2.09. The summed E-state index contributed by atoms with van der Waals surface area (Å²) in [7, 11) is 0. The van der Waals surface area contributed by atoms with E-state index in [1.165, 1.54) is 5.56 Å². The molecule has 2 aromatic rings. The van der Waals surface area contributed by atoms with E-state index in [9.17, 15) is 0 Å². The average Bonchev–Trinajstić information content (AvgIpc) is 2.81. The molecule has 108 valence electrons. The third-order valence-corrected chi connectivity index (χ3v) is 3.12. The van der Waals surface area contributed by atoms with Gasteiger partial charge in [-0.3, -0.25) is 4.68 Å². The Morgan fingerprint density at radius 1 is 1.25 bits per heavy atom. The van der Waals surface area contributed by atoms with Crippen molar-refractivity contribution in [2.75, 3.05) is 13.2 Å². The lowest BCUT2D eigenvalue weighted by Gasteiger charge is -2.05. The van der Waals surface area contributed by atoms with E-state index < -0.39 is 0 Å². The van der Waals surface area contributed by atoms with Crippen molar-refractivity contribution in [2.24, 2.45) is 0 Å². The summed E-state index contributed by atoms with van der Waals surface area (Å²) < 4.78 is 7.64. The molecule has 4 nitrogen and oxygen atoms in total. The summed E-state index contributed by atoms with van der Waals surface area (Å²) in [6.45, 7) is 7.55. The van der Waals surface area contributed by atoms with E-state index in [1.807, 2.05) is 35.0 Å². The molecule has 1 aromatic heterocycles. The third kappa shape index (κ3) is 4.38. The van der Waals surface area contributed by atoms with Crippen LogP contribution < -0.4 is 10.1 Å². The molecule has 1 N–H and O–H groups in total. The third-order valence-electron chi connectivity index (χ3n) is 3.12. The number of nitrogens with one attached hydrogen (secondary N) is 1. The number of nitrogens with zero attached hydrogens (tertiary/aromatic N) is 2. The van der Waals surface area contributed by atoms with Gasteiger partial charge < -0.3 is 10.1 Å². The van der Waals surface area contributed by atoms with Crippen LogP contribution in [0.3, 0.4) is 0 Å². The Balaban J connectivity index is 1.80. The first kappa shape index (κ1) is 14.6. The van der Waals surface area contributed by atoms with Gasteiger partial charge in [0.1, 0.15) is 12.4 Å². The van der Waals surface area contributed by atoms with Crippen LogP contribution in [0.1, 0.15) is 24.6 Å². The Kier molecular flexibility index (Phi) is 5.62. The van der Waals surface area contributed by atoms with Crippen molar-refractivity contribution >= 4 is 0 Å². The summed E-state index contributed by atoms with van der Waals surface area (Å²) >= 11 is 0. The molecule has 0 fully saturated rings. The van der Waals surface area contributed by atoms with Crippen LogP contribution in [0.15, 0.2) is 36.5 Å². The maximum atomic E-state index is 5.68. The number of aromatic nitrogens is 2. The number of benzene rings is 1. The Morgan fingerprint density at radius 2 is 2.05 bits per heavy atom. The molecule has 0 aliphatic carbocycles. The topological polar surface area (TPSA) is 39.1 Å². The molecule has 20 heavy (non-hydrogen) atoms. The molecule has 0 saturated heterocycles. The van der Waals surface area contributed by atoms with Gasteiger partial charge >= 0.3 is 0 Å². The number of para-hydroxylation sites is 1. The van der Waals surface area contributed by atoms with Crippen molar-refractivity contribution in [3.8, 4) is 5.75 Å². The van der Waals surface area contributed by atoms with E-state index in [4.69, 9.17) is 4.74 Å². The fourth-order valence-electron chi connectivity index (χ4n) is 2.02. The van der Waals surface area contributed by atoms with Gasteiger partial charge in [0.15, 0.2) is 0 Å². The molecule has 0 saturated carbocycles. The minimum atomic E-state index is 0.632. The Hall–Kier alpha value is -1.81. The van der Waals surface area contributed by atoms with Crippen LogP contribution in [0.5, 0.6) is 5.75 Å². The van der Waals surface area contributed by atoms with E-state index in [0.717, 1.165) is 37.5 Å². The number of ether oxygens (including phenoxy) is 1. The van der Waals surface area contributed by atoms with Gasteiger partial charge in [-0.05, 0) is 32.0 Å². The summed E-state index contributed by atoms with van der Waals surface area (Å²) in [4.78, 5) is 0. The normalized spacial score (nSPS) is 10.7. The molecule has 0 aliphatic rings. The van der Waals surface area contributed by atoms with Gasteiger partial charge in [-0.1, -0.05) is 25.1 Å². The molecule has 4 heteroatoms. The van der Waals surface area contributed by atoms with Crippen LogP contribution in [0.25, 0.3) is 0 Å². The first-order valence-electron chi connectivity index (χ1n) is 7.21. The lowest BCUT2D eigenvalue weighted by Crippen LogP contribution is -2.14. The SMILES string of the molecule is CCCNCc1cn(CCOc2ccccc2)nc1C. The number of rotatable bonds is 8. The van der Waals surface area contributed by atoms with Crippen LogP contribution in [0.4, 0.5) is 0 Å². The number of hydrogen-bond acceptors (Lipinski definition) is 3. The van der Waals surface area contributed by atoms with E-state index in [2.05, 4.69) is 30.5 Å². The zero-order valence-electron chi connectivity index (χ0n) is 12.3. The summed E-state index contributed by atoms with van der Waals surface area (Å²) in [6, 6.07) is 9.87. The molecule has 2 rings (SSSR count). The van der Waals surface area contributed by atoms with Gasteiger partial charge in [0.05, 0.1) is 12.2 Å². The van der Waals surface area contributed by atoms with Crippen LogP contribution >= 0.6 is 0 Å². The lowest BCUT2D eigenvalue weighted by molar-refractivity contribution is 0.291. The highest BCUT2D eigenvalue weighted by molar-refractivity contribution is 5.20. The maximum absolute atomic E-state index is 5.68. The minimum Gasteiger partial charge on any atom is -0.492 e. The van der Waals surface area contributed by atoms with Crippen LogP contribution in [-0.4, -0.2) is 22.9 Å². The molecular weight excluding hydrogens is 250 g/mol. The second kappa shape index (κ2) is 7.70. The summed E-state index contributed by atoms with van der Waals surface area (Å²) in [6.07, 6.45) is 3.25. The van der Waals surface area contributed by atoms with E-state index in [-0.39, 0.29) is 0 Å². The van der Waals surface area contributed by atoms with Gasteiger partial charge in [-0.15, -0.1) is 0 Å². The minimum absolute atomic E-state index is 0.632. The van der Waals surface area contributed by atoms with Gasteiger partial charge in [0.2, 0.25) is 0 Å². The number of aryl methyl sites for hydroxylation is 1. The van der Waals surface area contributed by atoms with Gasteiger partial charge in [0.25, 0.3) is 0 Å². The van der Waals surface area contributed by atoms with Crippen molar-refractivity contribution in [3.63, 3.8) is 0 Å². The average molecular weight is 273 g/mol. The Morgan fingerprint density at radius 3 is 2.80 bits per heavy atom. The molecule has 0 amide bonds. The smallest absolute Gasteiger partial charge is 0.119 e. The standard InChI is InChI=1S/C16H23N3O/c1-3-9-17-12-15-13-19(18-14(15)2)10-11-20-16-7-5-4-6-8-16/h4-8,13,17H,3,9-12H2,1-2H3. The van der Waals surface area contributed by atoms with Crippen molar-refractivity contribution in [1.29, 1.82) is 0 Å². The van der Waals surface area contributed by atoms with Crippen LogP contribution in [0, 0.1) is 6.92 Å². The fraction of sp³-hybridized carbons (Fsp3) is 0.438. The van der Waals surface area contributed by atoms with Crippen LogP contribution in [-0.2, 0) is 13.1 Å². The Labute approximate surface area is 120 Å². The summed E-state index contributed by atoms with van der Waals surface area (Å²) in [5.74, 6) is 0.904. The van der Waals surface area contributed by atoms with Crippen molar-refractivity contribution in [1.82, 2.24) is 15.1 Å².